The molecule has 2 nitrogen and oxygen atoms in total. The van der Waals surface area contributed by atoms with Crippen LogP contribution in [0.15, 0.2) is 24.3 Å². The Morgan fingerprint density at radius 1 is 1.70 bits per heavy atom. The summed E-state index contributed by atoms with van der Waals surface area (Å²) in [6.07, 6.45) is 2.35. The van der Waals surface area contributed by atoms with Gasteiger partial charge in [0.25, 0.3) is 0 Å². The van der Waals surface area contributed by atoms with Crippen molar-refractivity contribution in [3.63, 3.8) is 0 Å². The Balaban J connectivity index is 3.70. The third-order valence-electron chi connectivity index (χ3n) is 0.887. The minimum Gasteiger partial charge on any atom is -0.336 e. The lowest BCUT2D eigenvalue weighted by molar-refractivity contribution is -0.117. The van der Waals surface area contributed by atoms with Crippen LogP contribution in [0.4, 0.5) is 0 Å². The number of halogens is 1. The molecule has 3 heteroatoms. The van der Waals surface area contributed by atoms with Crippen LogP contribution in [0.5, 0.6) is 0 Å². The molecule has 0 saturated carbocycles. The molecule has 0 aliphatic carbocycles. The second-order valence-corrected chi connectivity index (χ2v) is 2.38. The fourth-order valence-corrected chi connectivity index (χ4v) is 0.685. The van der Waals surface area contributed by atoms with Gasteiger partial charge in [0.2, 0.25) is 6.41 Å². The average molecular weight is 160 g/mol. The summed E-state index contributed by atoms with van der Waals surface area (Å²) in [4.78, 5) is 11.7. The van der Waals surface area contributed by atoms with Gasteiger partial charge in [-0.15, -0.1) is 6.58 Å². The maximum absolute atomic E-state index is 10.2. The van der Waals surface area contributed by atoms with Crippen LogP contribution in [0.1, 0.15) is 0 Å². The maximum Gasteiger partial charge on any atom is 0.210 e. The molecule has 10 heavy (non-hydrogen) atoms. The molecule has 0 rings (SSSR count). The molecule has 0 saturated heterocycles. The molecule has 0 N–H and O–H groups in total. The zero-order valence-electron chi connectivity index (χ0n) is 5.72. The van der Waals surface area contributed by atoms with E-state index in [-0.39, 0.29) is 0 Å². The molecule has 56 valence electrons. The Morgan fingerprint density at radius 3 is 2.60 bits per heavy atom. The summed E-state index contributed by atoms with van der Waals surface area (Å²) in [7, 11) is 0. The van der Waals surface area contributed by atoms with Gasteiger partial charge in [0, 0.05) is 11.6 Å². The van der Waals surface area contributed by atoms with E-state index in [2.05, 4.69) is 13.2 Å². The lowest BCUT2D eigenvalue weighted by Gasteiger charge is -2.12. The molecule has 0 radical (unpaired) electrons. The molecule has 0 unspecified atom stereocenters. The van der Waals surface area contributed by atoms with Crippen molar-refractivity contribution in [2.24, 2.45) is 0 Å². The van der Waals surface area contributed by atoms with Crippen molar-refractivity contribution in [3.8, 4) is 0 Å². The standard InChI is InChI=1S/C7H10ClNO/c1-3-4-9(6-10)5-7(2)8/h3,6H,1-2,4-5H2. The van der Waals surface area contributed by atoms with Crippen LogP contribution in [0, 0.1) is 0 Å². The van der Waals surface area contributed by atoms with Gasteiger partial charge >= 0.3 is 0 Å². The second kappa shape index (κ2) is 5.06. The molecule has 1 amide bonds. The van der Waals surface area contributed by atoms with Crippen LogP contribution < -0.4 is 0 Å². The van der Waals surface area contributed by atoms with E-state index in [0.29, 0.717) is 18.1 Å². The highest BCUT2D eigenvalue weighted by Crippen LogP contribution is 1.98. The zero-order chi connectivity index (χ0) is 7.98. The average Bonchev–Trinajstić information content (AvgIpc) is 1.86. The third kappa shape index (κ3) is 4.15. The number of nitrogens with zero attached hydrogens (tertiary/aromatic N) is 1. The van der Waals surface area contributed by atoms with Crippen LogP contribution in [0.2, 0.25) is 0 Å². The van der Waals surface area contributed by atoms with Gasteiger partial charge in [0.1, 0.15) is 0 Å². The van der Waals surface area contributed by atoms with E-state index in [4.69, 9.17) is 11.6 Å². The van der Waals surface area contributed by atoms with E-state index in [0.717, 1.165) is 6.41 Å². The molecule has 0 fully saturated rings. The van der Waals surface area contributed by atoms with Crippen molar-refractivity contribution in [2.75, 3.05) is 13.1 Å². The monoisotopic (exact) mass is 159 g/mol. The third-order valence-corrected chi connectivity index (χ3v) is 1.01. The van der Waals surface area contributed by atoms with Crippen LogP contribution >= 0.6 is 11.6 Å². The molecule has 0 aliphatic heterocycles. The van der Waals surface area contributed by atoms with Gasteiger partial charge < -0.3 is 4.90 Å². The largest absolute Gasteiger partial charge is 0.336 e. The van der Waals surface area contributed by atoms with E-state index < -0.39 is 0 Å². The highest BCUT2D eigenvalue weighted by molar-refractivity contribution is 6.29. The molecule has 0 aromatic rings. The fraction of sp³-hybridized carbons (Fsp3) is 0.286. The summed E-state index contributed by atoms with van der Waals surface area (Å²) in [6, 6.07) is 0. The van der Waals surface area contributed by atoms with Crippen molar-refractivity contribution >= 4 is 18.0 Å². The molecule has 0 heterocycles. The lowest BCUT2D eigenvalue weighted by Crippen LogP contribution is -2.22. The van der Waals surface area contributed by atoms with Crippen molar-refractivity contribution in [2.45, 2.75) is 0 Å². The van der Waals surface area contributed by atoms with Crippen molar-refractivity contribution in [1.82, 2.24) is 4.90 Å². The summed E-state index contributed by atoms with van der Waals surface area (Å²) < 4.78 is 0. The van der Waals surface area contributed by atoms with E-state index in [9.17, 15) is 4.79 Å². The summed E-state index contributed by atoms with van der Waals surface area (Å²) in [6.45, 7) is 7.83. The first-order chi connectivity index (χ1) is 4.70. The number of hydrogen-bond donors (Lipinski definition) is 0. The molecule has 0 aromatic carbocycles. The van der Waals surface area contributed by atoms with Crippen LogP contribution in [0.3, 0.4) is 0 Å². The Labute approximate surface area is 65.8 Å². The van der Waals surface area contributed by atoms with Crippen molar-refractivity contribution in [1.29, 1.82) is 0 Å². The lowest BCUT2D eigenvalue weighted by atomic mass is 10.5. The molecule has 0 aliphatic rings. The molecule has 0 aromatic heterocycles. The van der Waals surface area contributed by atoms with Crippen LogP contribution in [-0.2, 0) is 4.79 Å². The molecular weight excluding hydrogens is 150 g/mol. The van der Waals surface area contributed by atoms with E-state index in [1.165, 1.54) is 4.90 Å². The normalized spacial score (nSPS) is 8.50. The smallest absolute Gasteiger partial charge is 0.210 e. The predicted octanol–water partition coefficient (Wildman–Crippen LogP) is 1.38. The van der Waals surface area contributed by atoms with E-state index >= 15 is 0 Å². The number of carbonyl (C=O) groups is 1. The summed E-state index contributed by atoms with van der Waals surface area (Å²) in [5, 5.41) is 0.453. The summed E-state index contributed by atoms with van der Waals surface area (Å²) in [5.74, 6) is 0. The van der Waals surface area contributed by atoms with Gasteiger partial charge in [0.15, 0.2) is 0 Å². The minimum absolute atomic E-state index is 0.386. The van der Waals surface area contributed by atoms with Gasteiger partial charge in [-0.1, -0.05) is 24.3 Å². The topological polar surface area (TPSA) is 20.3 Å². The number of carbonyl (C=O) groups excluding carboxylic acids is 1. The highest BCUT2D eigenvalue weighted by atomic mass is 35.5. The number of amides is 1. The van der Waals surface area contributed by atoms with Crippen molar-refractivity contribution < 1.29 is 4.79 Å². The van der Waals surface area contributed by atoms with Gasteiger partial charge in [-0.3, -0.25) is 4.79 Å². The predicted molar refractivity (Wildman–Crippen MR) is 42.8 cm³/mol. The van der Waals surface area contributed by atoms with Crippen LogP contribution in [-0.4, -0.2) is 24.4 Å². The SMILES string of the molecule is C=CCN(C=O)CC(=C)Cl. The number of hydrogen-bond acceptors (Lipinski definition) is 1. The van der Waals surface area contributed by atoms with Crippen molar-refractivity contribution in [3.05, 3.63) is 24.3 Å². The van der Waals surface area contributed by atoms with Gasteiger partial charge in [-0.2, -0.15) is 0 Å². The van der Waals surface area contributed by atoms with E-state index in [1.54, 1.807) is 6.08 Å². The Bertz CT molecular complexity index is 145. The van der Waals surface area contributed by atoms with E-state index in [1.807, 2.05) is 0 Å². The van der Waals surface area contributed by atoms with Gasteiger partial charge in [-0.05, 0) is 0 Å². The zero-order valence-corrected chi connectivity index (χ0v) is 6.47. The molecule has 0 bridgehead atoms. The number of rotatable bonds is 5. The minimum atomic E-state index is 0.386. The fourth-order valence-electron chi connectivity index (χ4n) is 0.531. The summed E-state index contributed by atoms with van der Waals surface area (Å²) in [5.41, 5.74) is 0. The molecular formula is C7H10ClNO. The second-order valence-electron chi connectivity index (χ2n) is 1.84. The highest BCUT2D eigenvalue weighted by Gasteiger charge is 1.97. The van der Waals surface area contributed by atoms with Crippen LogP contribution in [0.25, 0.3) is 0 Å². The Morgan fingerprint density at radius 2 is 2.30 bits per heavy atom. The maximum atomic E-state index is 10.2. The first-order valence-electron chi connectivity index (χ1n) is 2.84. The molecule has 0 spiro atoms. The van der Waals surface area contributed by atoms with Gasteiger partial charge in [0.05, 0.1) is 6.54 Å². The molecule has 0 atom stereocenters. The first-order valence-corrected chi connectivity index (χ1v) is 3.22. The Hall–Kier alpha value is -0.760. The first kappa shape index (κ1) is 9.24. The van der Waals surface area contributed by atoms with Gasteiger partial charge in [-0.25, -0.2) is 0 Å². The quantitative estimate of drug-likeness (QED) is 0.439. The Kier molecular flexibility index (Phi) is 4.67. The summed E-state index contributed by atoms with van der Waals surface area (Å²) >= 11 is 5.46.